The van der Waals surface area contributed by atoms with Gasteiger partial charge in [0.15, 0.2) is 17.3 Å². The number of aliphatic hydroxyl groups is 1. The van der Waals surface area contributed by atoms with E-state index in [2.05, 4.69) is 19.8 Å². The Morgan fingerprint density at radius 3 is 2.81 bits per heavy atom. The molecule has 0 spiro atoms. The van der Waals surface area contributed by atoms with Crippen molar-refractivity contribution in [2.24, 2.45) is 0 Å². The summed E-state index contributed by atoms with van der Waals surface area (Å²) in [5.74, 6) is -0.0615. The lowest BCUT2D eigenvalue weighted by atomic mass is 10.1. The number of halogens is 1. The Morgan fingerprint density at radius 1 is 1.19 bits per heavy atom. The number of rotatable bonds is 4. The maximum Gasteiger partial charge on any atom is 0.232 e. The number of thiazole rings is 1. The van der Waals surface area contributed by atoms with Gasteiger partial charge in [0, 0.05) is 17.7 Å². The van der Waals surface area contributed by atoms with Crippen molar-refractivity contribution in [3.63, 3.8) is 0 Å². The van der Waals surface area contributed by atoms with Gasteiger partial charge in [0.1, 0.15) is 11.1 Å². The van der Waals surface area contributed by atoms with Crippen LogP contribution in [0.4, 0.5) is 10.1 Å². The fourth-order valence-corrected chi connectivity index (χ4v) is 4.75. The van der Waals surface area contributed by atoms with Crippen LogP contribution in [0.2, 0.25) is 0 Å². The van der Waals surface area contributed by atoms with Crippen molar-refractivity contribution < 1.29 is 19.0 Å². The quantitative estimate of drug-likeness (QED) is 0.459. The van der Waals surface area contributed by atoms with E-state index in [9.17, 15) is 9.50 Å². The minimum absolute atomic E-state index is 0.109. The van der Waals surface area contributed by atoms with Gasteiger partial charge in [-0.2, -0.15) is 0 Å². The topological polar surface area (TPSA) is 81.7 Å². The molecule has 156 valence electrons. The Balaban J connectivity index is 1.60. The van der Waals surface area contributed by atoms with E-state index >= 15 is 0 Å². The van der Waals surface area contributed by atoms with Crippen LogP contribution in [0.25, 0.3) is 36.7 Å². The van der Waals surface area contributed by atoms with Crippen LogP contribution < -0.4 is 9.47 Å². The number of fused-ring (bicyclic) bond motifs is 2. The van der Waals surface area contributed by atoms with E-state index in [-0.39, 0.29) is 5.75 Å². The summed E-state index contributed by atoms with van der Waals surface area (Å²) in [6, 6.07) is 6.30. The molecule has 9 heteroatoms. The first-order valence-corrected chi connectivity index (χ1v) is 10.5. The van der Waals surface area contributed by atoms with Gasteiger partial charge in [0.25, 0.3) is 0 Å². The molecule has 2 atom stereocenters. The fraction of sp³-hybridized carbons (Fsp3) is 0.273. The van der Waals surface area contributed by atoms with E-state index in [1.165, 1.54) is 30.7 Å². The van der Waals surface area contributed by atoms with Crippen molar-refractivity contribution in [3.8, 4) is 22.2 Å². The highest BCUT2D eigenvalue weighted by atomic mass is 32.1. The summed E-state index contributed by atoms with van der Waals surface area (Å²) in [5, 5.41) is 10.6. The average Bonchev–Trinajstić information content (AvgIpc) is 3.38. The molecule has 1 fully saturated rings. The van der Waals surface area contributed by atoms with E-state index in [1.807, 2.05) is 0 Å². The van der Waals surface area contributed by atoms with Crippen LogP contribution >= 0.6 is 11.3 Å². The van der Waals surface area contributed by atoms with Crippen molar-refractivity contribution in [1.82, 2.24) is 15.0 Å². The molecule has 2 heterocycles. The molecule has 0 bridgehead atoms. The number of benzene rings is 2. The summed E-state index contributed by atoms with van der Waals surface area (Å²) in [6.07, 6.45) is 2.75. The fourth-order valence-electron chi connectivity index (χ4n) is 3.76. The maximum absolute atomic E-state index is 14.6. The Kier molecular flexibility index (Phi) is 4.88. The van der Waals surface area contributed by atoms with Crippen LogP contribution in [0.1, 0.15) is 19.3 Å². The molecule has 1 aliphatic carbocycles. The number of ether oxygens (including phenoxy) is 2. The molecule has 31 heavy (non-hydrogen) atoms. The van der Waals surface area contributed by atoms with Crippen LogP contribution in [0.15, 0.2) is 30.5 Å². The molecule has 4 aromatic rings. The van der Waals surface area contributed by atoms with Crippen molar-refractivity contribution >= 4 is 38.3 Å². The summed E-state index contributed by atoms with van der Waals surface area (Å²) in [6.45, 7) is 7.41. The summed E-state index contributed by atoms with van der Waals surface area (Å²) in [7, 11) is 1.50. The summed E-state index contributed by atoms with van der Waals surface area (Å²) < 4.78 is 26.3. The van der Waals surface area contributed by atoms with E-state index in [0.717, 1.165) is 11.1 Å². The van der Waals surface area contributed by atoms with E-state index in [1.54, 1.807) is 18.2 Å². The van der Waals surface area contributed by atoms with Gasteiger partial charge < -0.3 is 14.6 Å². The molecule has 7 nitrogen and oxygen atoms in total. The van der Waals surface area contributed by atoms with Crippen molar-refractivity contribution in [3.05, 3.63) is 47.7 Å². The normalized spacial score (nSPS) is 18.4. The zero-order valence-electron chi connectivity index (χ0n) is 16.5. The SMILES string of the molecule is [C-]#[N+]c1cc(-c2nc3cc(F)c(O[C@@H]4CCC[C@@H]4O)cc3s2)c2ncc(OC)nc2c1. The predicted octanol–water partition coefficient (Wildman–Crippen LogP) is 4.90. The molecule has 1 N–H and O–H groups in total. The number of hydrogen-bond acceptors (Lipinski definition) is 7. The van der Waals surface area contributed by atoms with Gasteiger partial charge in [-0.3, -0.25) is 0 Å². The summed E-state index contributed by atoms with van der Waals surface area (Å²) >= 11 is 1.35. The zero-order chi connectivity index (χ0) is 21.5. The Morgan fingerprint density at radius 2 is 2.06 bits per heavy atom. The third kappa shape index (κ3) is 3.54. The lowest BCUT2D eigenvalue weighted by molar-refractivity contribution is 0.0580. The van der Waals surface area contributed by atoms with Crippen LogP contribution in [0.3, 0.4) is 0 Å². The lowest BCUT2D eigenvalue weighted by Crippen LogP contribution is -2.25. The van der Waals surface area contributed by atoms with E-state index in [4.69, 9.17) is 16.0 Å². The van der Waals surface area contributed by atoms with E-state index < -0.39 is 18.0 Å². The molecule has 0 aliphatic heterocycles. The first-order valence-electron chi connectivity index (χ1n) is 9.73. The predicted molar refractivity (Wildman–Crippen MR) is 115 cm³/mol. The van der Waals surface area contributed by atoms with Gasteiger partial charge in [-0.15, -0.1) is 11.3 Å². The van der Waals surface area contributed by atoms with Crippen LogP contribution in [0.5, 0.6) is 11.6 Å². The molecular formula is C22H17FN4O3S. The molecule has 0 amide bonds. The minimum atomic E-state index is -0.578. The molecule has 1 aliphatic rings. The van der Waals surface area contributed by atoms with Gasteiger partial charge in [0.2, 0.25) is 5.88 Å². The standard InChI is InChI=1S/C22H17FN4O3S/c1-24-11-6-12(21-15(7-11)26-20(29-2)10-25-21)22-27-14-8-13(23)18(9-19(14)31-22)30-17-5-3-4-16(17)28/h6-10,16-17,28H,3-5H2,2H3/t16-,17+/m0/s1. The van der Waals surface area contributed by atoms with Crippen molar-refractivity contribution in [2.45, 2.75) is 31.5 Å². The number of hydrogen-bond donors (Lipinski definition) is 1. The van der Waals surface area contributed by atoms with Gasteiger partial charge in [-0.25, -0.2) is 24.2 Å². The minimum Gasteiger partial charge on any atom is -0.485 e. The third-order valence-electron chi connectivity index (χ3n) is 5.32. The van der Waals surface area contributed by atoms with Crippen LogP contribution in [0, 0.1) is 12.4 Å². The molecule has 0 unspecified atom stereocenters. The monoisotopic (exact) mass is 436 g/mol. The summed E-state index contributed by atoms with van der Waals surface area (Å²) in [4.78, 5) is 16.9. The smallest absolute Gasteiger partial charge is 0.232 e. The Hall–Kier alpha value is -3.35. The highest BCUT2D eigenvalue weighted by molar-refractivity contribution is 7.21. The molecular weight excluding hydrogens is 419 g/mol. The highest BCUT2D eigenvalue weighted by Crippen LogP contribution is 2.39. The highest BCUT2D eigenvalue weighted by Gasteiger charge is 2.28. The second-order valence-electron chi connectivity index (χ2n) is 7.31. The number of aromatic nitrogens is 3. The van der Waals surface area contributed by atoms with E-state index in [0.29, 0.717) is 51.5 Å². The molecule has 0 radical (unpaired) electrons. The number of nitrogens with zero attached hydrogens (tertiary/aromatic N) is 4. The molecule has 2 aromatic heterocycles. The molecule has 0 saturated heterocycles. The lowest BCUT2D eigenvalue weighted by Gasteiger charge is -2.17. The molecule has 2 aromatic carbocycles. The maximum atomic E-state index is 14.6. The van der Waals surface area contributed by atoms with Gasteiger partial charge in [-0.05, 0) is 31.4 Å². The van der Waals surface area contributed by atoms with Gasteiger partial charge >= 0.3 is 0 Å². The van der Waals surface area contributed by atoms with Crippen LogP contribution in [-0.4, -0.2) is 39.4 Å². The summed E-state index contributed by atoms with van der Waals surface area (Å²) in [5.41, 5.74) is 2.63. The second kappa shape index (κ2) is 7.72. The number of methoxy groups -OCH3 is 1. The second-order valence-corrected chi connectivity index (χ2v) is 8.34. The van der Waals surface area contributed by atoms with Gasteiger partial charge in [-0.1, -0.05) is 0 Å². The molecule has 1 saturated carbocycles. The first-order chi connectivity index (χ1) is 15.1. The van der Waals surface area contributed by atoms with Crippen molar-refractivity contribution in [1.29, 1.82) is 0 Å². The molecule has 5 rings (SSSR count). The third-order valence-corrected chi connectivity index (χ3v) is 6.37. The zero-order valence-corrected chi connectivity index (χ0v) is 17.3. The van der Waals surface area contributed by atoms with Gasteiger partial charge in [0.05, 0.1) is 47.2 Å². The average molecular weight is 436 g/mol. The Labute approximate surface area is 180 Å². The number of aliphatic hydroxyl groups excluding tert-OH is 1. The van der Waals surface area contributed by atoms with Crippen LogP contribution in [-0.2, 0) is 0 Å². The largest absolute Gasteiger partial charge is 0.485 e. The van der Waals surface area contributed by atoms with Crippen molar-refractivity contribution in [2.75, 3.05) is 7.11 Å². The Bertz CT molecular complexity index is 1350. The first kappa shape index (κ1) is 19.6.